The van der Waals surface area contributed by atoms with Crippen LogP contribution in [0.3, 0.4) is 0 Å². The molecule has 1 aromatic carbocycles. The Kier molecular flexibility index (Phi) is 4.16. The maximum Gasteiger partial charge on any atom is 0.131 e. The van der Waals surface area contributed by atoms with Gasteiger partial charge >= 0.3 is 0 Å². The molecule has 2 rings (SSSR count). The van der Waals surface area contributed by atoms with Crippen LogP contribution in [0.1, 0.15) is 23.9 Å². The smallest absolute Gasteiger partial charge is 0.131 e. The number of benzene rings is 1. The molecule has 0 aliphatic heterocycles. The largest absolute Gasteiger partial charge is 0.487 e. The molecule has 0 aliphatic rings. The van der Waals surface area contributed by atoms with Gasteiger partial charge in [-0.25, -0.2) is 4.39 Å². The summed E-state index contributed by atoms with van der Waals surface area (Å²) >= 11 is 0. The second-order valence-electron chi connectivity index (χ2n) is 4.30. The summed E-state index contributed by atoms with van der Waals surface area (Å²) in [6.45, 7) is 5.20. The number of ether oxygens (including phenoxy) is 1. The van der Waals surface area contributed by atoms with Crippen molar-refractivity contribution in [3.8, 4) is 5.75 Å². The number of halogens is 1. The van der Waals surface area contributed by atoms with Gasteiger partial charge in [-0.2, -0.15) is 5.10 Å². The molecule has 2 aromatic rings. The fraction of sp³-hybridized carbons (Fsp3) is 0.357. The van der Waals surface area contributed by atoms with Crippen LogP contribution in [0, 0.1) is 12.7 Å². The van der Waals surface area contributed by atoms with Gasteiger partial charge in [0.15, 0.2) is 0 Å². The molecule has 1 heterocycles. The molecular formula is C14H18FN3O. The van der Waals surface area contributed by atoms with Gasteiger partial charge in [0.05, 0.1) is 11.4 Å². The zero-order valence-corrected chi connectivity index (χ0v) is 11.2. The van der Waals surface area contributed by atoms with Crippen molar-refractivity contribution >= 4 is 0 Å². The SMILES string of the molecule is CCn1nc(C)cc1COc1cccc(F)c1CN. The van der Waals surface area contributed by atoms with E-state index in [0.29, 0.717) is 17.9 Å². The summed E-state index contributed by atoms with van der Waals surface area (Å²) in [5, 5.41) is 4.34. The third-order valence-corrected chi connectivity index (χ3v) is 2.94. The molecule has 0 amide bonds. The van der Waals surface area contributed by atoms with Crippen molar-refractivity contribution < 1.29 is 9.13 Å². The molecule has 5 heteroatoms. The van der Waals surface area contributed by atoms with Gasteiger partial charge in [-0.05, 0) is 32.0 Å². The first-order chi connectivity index (χ1) is 9.15. The van der Waals surface area contributed by atoms with Crippen molar-refractivity contribution in [2.75, 3.05) is 0 Å². The Morgan fingerprint density at radius 1 is 1.42 bits per heavy atom. The number of rotatable bonds is 5. The zero-order valence-electron chi connectivity index (χ0n) is 11.2. The highest BCUT2D eigenvalue weighted by molar-refractivity contribution is 5.34. The van der Waals surface area contributed by atoms with Crippen LogP contribution in [-0.4, -0.2) is 9.78 Å². The predicted octanol–water partition coefficient (Wildman–Crippen LogP) is 2.39. The van der Waals surface area contributed by atoms with Gasteiger partial charge in [0.2, 0.25) is 0 Å². The Bertz CT molecular complexity index is 566. The minimum Gasteiger partial charge on any atom is -0.487 e. The summed E-state index contributed by atoms with van der Waals surface area (Å²) in [7, 11) is 0. The van der Waals surface area contributed by atoms with E-state index in [9.17, 15) is 4.39 Å². The molecule has 0 saturated heterocycles. The Morgan fingerprint density at radius 2 is 2.21 bits per heavy atom. The minimum atomic E-state index is -0.333. The van der Waals surface area contributed by atoms with E-state index in [4.69, 9.17) is 10.5 Å². The molecule has 19 heavy (non-hydrogen) atoms. The van der Waals surface area contributed by atoms with E-state index in [1.165, 1.54) is 6.07 Å². The molecule has 0 aliphatic carbocycles. The van der Waals surface area contributed by atoms with Gasteiger partial charge in [0.1, 0.15) is 18.2 Å². The highest BCUT2D eigenvalue weighted by Crippen LogP contribution is 2.22. The van der Waals surface area contributed by atoms with Crippen molar-refractivity contribution in [2.24, 2.45) is 5.73 Å². The van der Waals surface area contributed by atoms with Gasteiger partial charge in [-0.15, -0.1) is 0 Å². The second-order valence-corrected chi connectivity index (χ2v) is 4.30. The first kappa shape index (κ1) is 13.5. The van der Waals surface area contributed by atoms with Gasteiger partial charge in [0.25, 0.3) is 0 Å². The van der Waals surface area contributed by atoms with E-state index in [2.05, 4.69) is 5.10 Å². The fourth-order valence-electron chi connectivity index (χ4n) is 2.01. The summed E-state index contributed by atoms with van der Waals surface area (Å²) in [5.41, 5.74) is 7.86. The van der Waals surface area contributed by atoms with Gasteiger partial charge in [-0.1, -0.05) is 6.07 Å². The molecule has 1 aromatic heterocycles. The molecule has 4 nitrogen and oxygen atoms in total. The van der Waals surface area contributed by atoms with Crippen LogP contribution in [0.25, 0.3) is 0 Å². The maximum absolute atomic E-state index is 13.5. The predicted molar refractivity (Wildman–Crippen MR) is 71.3 cm³/mol. The lowest BCUT2D eigenvalue weighted by Gasteiger charge is -2.11. The number of hydrogen-bond acceptors (Lipinski definition) is 3. The van der Waals surface area contributed by atoms with Crippen LogP contribution in [0.4, 0.5) is 4.39 Å². The lowest BCUT2D eigenvalue weighted by atomic mass is 10.2. The molecule has 0 radical (unpaired) electrons. The molecule has 0 saturated carbocycles. The fourth-order valence-corrected chi connectivity index (χ4v) is 2.01. The Balaban J connectivity index is 2.16. The number of hydrogen-bond donors (Lipinski definition) is 1. The van der Waals surface area contributed by atoms with Crippen molar-refractivity contribution in [3.63, 3.8) is 0 Å². The average Bonchev–Trinajstić information content (AvgIpc) is 2.76. The highest BCUT2D eigenvalue weighted by Gasteiger charge is 2.10. The van der Waals surface area contributed by atoms with Crippen molar-refractivity contribution in [2.45, 2.75) is 33.5 Å². The van der Waals surface area contributed by atoms with Crippen LogP contribution < -0.4 is 10.5 Å². The van der Waals surface area contributed by atoms with Crippen LogP contribution in [0.15, 0.2) is 24.3 Å². The number of nitrogens with zero attached hydrogens (tertiary/aromatic N) is 2. The van der Waals surface area contributed by atoms with Gasteiger partial charge in [0, 0.05) is 18.7 Å². The van der Waals surface area contributed by atoms with Gasteiger partial charge < -0.3 is 10.5 Å². The van der Waals surface area contributed by atoms with Crippen molar-refractivity contribution in [1.82, 2.24) is 9.78 Å². The Morgan fingerprint density at radius 3 is 2.89 bits per heavy atom. The summed E-state index contributed by atoms with van der Waals surface area (Å²) < 4.78 is 21.1. The zero-order chi connectivity index (χ0) is 13.8. The van der Waals surface area contributed by atoms with Crippen LogP contribution in [0.5, 0.6) is 5.75 Å². The first-order valence-electron chi connectivity index (χ1n) is 6.29. The van der Waals surface area contributed by atoms with E-state index in [0.717, 1.165) is 17.9 Å². The molecule has 0 unspecified atom stereocenters. The summed E-state index contributed by atoms with van der Waals surface area (Å²) in [5.74, 6) is 0.157. The van der Waals surface area contributed by atoms with Crippen molar-refractivity contribution in [3.05, 3.63) is 47.0 Å². The van der Waals surface area contributed by atoms with E-state index in [1.54, 1.807) is 12.1 Å². The van der Waals surface area contributed by atoms with Crippen LogP contribution in [0.2, 0.25) is 0 Å². The monoisotopic (exact) mass is 263 g/mol. The van der Waals surface area contributed by atoms with Crippen LogP contribution >= 0.6 is 0 Å². The quantitative estimate of drug-likeness (QED) is 0.901. The topological polar surface area (TPSA) is 53.1 Å². The van der Waals surface area contributed by atoms with Crippen LogP contribution in [-0.2, 0) is 19.7 Å². The molecule has 0 spiro atoms. The normalized spacial score (nSPS) is 10.7. The third kappa shape index (κ3) is 2.93. The van der Waals surface area contributed by atoms with Crippen molar-refractivity contribution in [1.29, 1.82) is 0 Å². The highest BCUT2D eigenvalue weighted by atomic mass is 19.1. The average molecular weight is 263 g/mol. The van der Waals surface area contributed by atoms with Gasteiger partial charge in [-0.3, -0.25) is 4.68 Å². The minimum absolute atomic E-state index is 0.119. The first-order valence-corrected chi connectivity index (χ1v) is 6.29. The van der Waals surface area contributed by atoms with E-state index >= 15 is 0 Å². The lowest BCUT2D eigenvalue weighted by Crippen LogP contribution is -2.08. The van der Waals surface area contributed by atoms with E-state index in [1.807, 2.05) is 24.6 Å². The number of aryl methyl sites for hydroxylation is 2. The molecule has 0 atom stereocenters. The molecule has 2 N–H and O–H groups in total. The summed E-state index contributed by atoms with van der Waals surface area (Å²) in [4.78, 5) is 0. The third-order valence-electron chi connectivity index (χ3n) is 2.94. The van der Waals surface area contributed by atoms with E-state index < -0.39 is 0 Å². The van der Waals surface area contributed by atoms with E-state index in [-0.39, 0.29) is 12.4 Å². The number of nitrogens with two attached hydrogens (primary N) is 1. The summed E-state index contributed by atoms with van der Waals surface area (Å²) in [6.07, 6.45) is 0. The maximum atomic E-state index is 13.5. The second kappa shape index (κ2) is 5.84. The molecule has 0 bridgehead atoms. The lowest BCUT2D eigenvalue weighted by molar-refractivity contribution is 0.287. The summed E-state index contributed by atoms with van der Waals surface area (Å²) in [6, 6.07) is 6.69. The number of aromatic nitrogens is 2. The Labute approximate surface area is 112 Å². The molecule has 102 valence electrons. The Hall–Kier alpha value is -1.88. The standard InChI is InChI=1S/C14H18FN3O/c1-3-18-11(7-10(2)17-18)9-19-14-6-4-5-13(15)12(14)8-16/h4-7H,3,8-9,16H2,1-2H3. The molecular weight excluding hydrogens is 245 g/mol. The molecule has 0 fully saturated rings.